The van der Waals surface area contributed by atoms with Crippen molar-refractivity contribution in [3.8, 4) is 0 Å². The molecule has 0 spiro atoms. The summed E-state index contributed by atoms with van der Waals surface area (Å²) in [6.45, 7) is 2.03. The van der Waals surface area contributed by atoms with Crippen LogP contribution in [0.4, 0.5) is 11.4 Å². The molecular formula is C11H16N2O2S. The smallest absolute Gasteiger partial charge is 0.292 e. The zero-order valence-electron chi connectivity index (χ0n) is 9.47. The Morgan fingerprint density at radius 1 is 1.50 bits per heavy atom. The van der Waals surface area contributed by atoms with Crippen molar-refractivity contribution in [3.05, 3.63) is 34.4 Å². The molecule has 88 valence electrons. The van der Waals surface area contributed by atoms with E-state index >= 15 is 0 Å². The summed E-state index contributed by atoms with van der Waals surface area (Å²) < 4.78 is 0. The Morgan fingerprint density at radius 3 is 2.81 bits per heavy atom. The lowest BCUT2D eigenvalue weighted by atomic mass is 10.2. The number of para-hydroxylation sites is 2. The first-order chi connectivity index (χ1) is 7.65. The van der Waals surface area contributed by atoms with Crippen LogP contribution in [0, 0.1) is 10.1 Å². The summed E-state index contributed by atoms with van der Waals surface area (Å²) >= 11 is 1.78. The second-order valence-corrected chi connectivity index (χ2v) is 4.59. The first-order valence-corrected chi connectivity index (χ1v) is 6.53. The number of rotatable bonds is 6. The summed E-state index contributed by atoms with van der Waals surface area (Å²) in [6.07, 6.45) is 3.05. The van der Waals surface area contributed by atoms with Crippen LogP contribution in [0.25, 0.3) is 0 Å². The number of hydrogen-bond donors (Lipinski definition) is 1. The highest BCUT2D eigenvalue weighted by molar-refractivity contribution is 7.98. The van der Waals surface area contributed by atoms with Gasteiger partial charge in [0.25, 0.3) is 5.69 Å². The van der Waals surface area contributed by atoms with E-state index in [2.05, 4.69) is 11.6 Å². The molecule has 1 rings (SSSR count). The molecule has 0 amide bonds. The molecule has 0 saturated carbocycles. The van der Waals surface area contributed by atoms with Gasteiger partial charge in [0.2, 0.25) is 0 Å². The molecule has 0 fully saturated rings. The monoisotopic (exact) mass is 240 g/mol. The molecule has 1 aromatic carbocycles. The van der Waals surface area contributed by atoms with Gasteiger partial charge in [-0.3, -0.25) is 10.1 Å². The molecule has 0 radical (unpaired) electrons. The Morgan fingerprint density at radius 2 is 2.19 bits per heavy atom. The van der Waals surface area contributed by atoms with Gasteiger partial charge in [0.15, 0.2) is 0 Å². The maximum absolute atomic E-state index is 10.8. The topological polar surface area (TPSA) is 55.2 Å². The van der Waals surface area contributed by atoms with Gasteiger partial charge in [-0.05, 0) is 31.4 Å². The summed E-state index contributed by atoms with van der Waals surface area (Å²) in [5.74, 6) is 1.05. The van der Waals surface area contributed by atoms with E-state index in [-0.39, 0.29) is 16.7 Å². The van der Waals surface area contributed by atoms with E-state index in [4.69, 9.17) is 0 Å². The van der Waals surface area contributed by atoms with Gasteiger partial charge in [0.05, 0.1) is 4.92 Å². The van der Waals surface area contributed by atoms with Gasteiger partial charge in [-0.2, -0.15) is 11.8 Å². The number of nitro benzene ring substituents is 1. The lowest BCUT2D eigenvalue weighted by molar-refractivity contribution is -0.384. The third-order valence-electron chi connectivity index (χ3n) is 2.26. The second kappa shape index (κ2) is 6.37. The number of anilines is 1. The summed E-state index contributed by atoms with van der Waals surface area (Å²) in [4.78, 5) is 10.4. The number of benzene rings is 1. The van der Waals surface area contributed by atoms with Crippen LogP contribution in [0.5, 0.6) is 0 Å². The number of nitrogens with zero attached hydrogens (tertiary/aromatic N) is 1. The van der Waals surface area contributed by atoms with Gasteiger partial charge in [0.1, 0.15) is 5.69 Å². The summed E-state index contributed by atoms with van der Waals surface area (Å²) in [5.41, 5.74) is 0.736. The lowest BCUT2D eigenvalue weighted by Crippen LogP contribution is -2.16. The molecule has 5 heteroatoms. The molecule has 0 saturated heterocycles. The van der Waals surface area contributed by atoms with Crippen LogP contribution in [0.15, 0.2) is 24.3 Å². The van der Waals surface area contributed by atoms with E-state index in [0.29, 0.717) is 5.69 Å². The molecule has 1 aromatic rings. The van der Waals surface area contributed by atoms with Crippen LogP contribution < -0.4 is 5.32 Å². The first-order valence-electron chi connectivity index (χ1n) is 5.14. The van der Waals surface area contributed by atoms with Crippen LogP contribution >= 0.6 is 11.8 Å². The van der Waals surface area contributed by atoms with Crippen LogP contribution in [0.2, 0.25) is 0 Å². The SMILES string of the molecule is CSCCC(C)Nc1ccccc1[N+](=O)[O-]. The Labute approximate surface area is 99.6 Å². The van der Waals surface area contributed by atoms with Crippen LogP contribution in [0.3, 0.4) is 0 Å². The zero-order valence-corrected chi connectivity index (χ0v) is 10.3. The summed E-state index contributed by atoms with van der Waals surface area (Å²) in [5, 5.41) is 14.0. The van der Waals surface area contributed by atoms with Crippen molar-refractivity contribution < 1.29 is 4.92 Å². The van der Waals surface area contributed by atoms with Crippen molar-refractivity contribution in [2.75, 3.05) is 17.3 Å². The summed E-state index contributed by atoms with van der Waals surface area (Å²) in [7, 11) is 0. The van der Waals surface area contributed by atoms with E-state index in [1.807, 2.05) is 6.92 Å². The van der Waals surface area contributed by atoms with Gasteiger partial charge >= 0.3 is 0 Å². The standard InChI is InChI=1S/C11H16N2O2S/c1-9(7-8-16-2)12-10-5-3-4-6-11(10)13(14)15/h3-6,9,12H,7-8H2,1-2H3. The molecule has 0 aliphatic rings. The Balaban J connectivity index is 2.69. The highest BCUT2D eigenvalue weighted by Gasteiger charge is 2.13. The maximum atomic E-state index is 10.8. The predicted octanol–water partition coefficient (Wildman–Crippen LogP) is 3.15. The molecule has 1 atom stereocenters. The molecule has 0 heterocycles. The van der Waals surface area contributed by atoms with Crippen molar-refractivity contribution >= 4 is 23.1 Å². The molecule has 0 aliphatic carbocycles. The van der Waals surface area contributed by atoms with Crippen molar-refractivity contribution in [2.45, 2.75) is 19.4 Å². The van der Waals surface area contributed by atoms with Gasteiger partial charge in [0, 0.05) is 12.1 Å². The minimum Gasteiger partial charge on any atom is -0.377 e. The van der Waals surface area contributed by atoms with Crippen molar-refractivity contribution in [2.24, 2.45) is 0 Å². The molecule has 0 aliphatic heterocycles. The number of hydrogen-bond acceptors (Lipinski definition) is 4. The van der Waals surface area contributed by atoms with Crippen LogP contribution in [-0.2, 0) is 0 Å². The van der Waals surface area contributed by atoms with E-state index in [1.165, 1.54) is 6.07 Å². The van der Waals surface area contributed by atoms with Gasteiger partial charge in [-0.25, -0.2) is 0 Å². The van der Waals surface area contributed by atoms with Crippen molar-refractivity contribution in [3.63, 3.8) is 0 Å². The molecular weight excluding hydrogens is 224 g/mol. The largest absolute Gasteiger partial charge is 0.377 e. The van der Waals surface area contributed by atoms with Gasteiger partial charge in [-0.1, -0.05) is 12.1 Å². The predicted molar refractivity (Wildman–Crippen MR) is 69.2 cm³/mol. The van der Waals surface area contributed by atoms with Crippen LogP contribution in [-0.4, -0.2) is 23.0 Å². The van der Waals surface area contributed by atoms with Crippen molar-refractivity contribution in [1.29, 1.82) is 0 Å². The second-order valence-electron chi connectivity index (χ2n) is 3.60. The van der Waals surface area contributed by atoms with E-state index in [0.717, 1.165) is 12.2 Å². The Hall–Kier alpha value is -1.23. The normalized spacial score (nSPS) is 12.1. The summed E-state index contributed by atoms with van der Waals surface area (Å²) in [6, 6.07) is 6.98. The third-order valence-corrected chi connectivity index (χ3v) is 2.90. The molecule has 0 bridgehead atoms. The highest BCUT2D eigenvalue weighted by atomic mass is 32.2. The van der Waals surface area contributed by atoms with E-state index < -0.39 is 0 Å². The quantitative estimate of drug-likeness (QED) is 0.613. The average molecular weight is 240 g/mol. The molecule has 0 aromatic heterocycles. The fourth-order valence-corrected chi connectivity index (χ4v) is 1.98. The number of thioether (sulfide) groups is 1. The molecule has 4 nitrogen and oxygen atoms in total. The third kappa shape index (κ3) is 3.73. The minimum atomic E-state index is -0.358. The minimum absolute atomic E-state index is 0.138. The van der Waals surface area contributed by atoms with E-state index in [9.17, 15) is 10.1 Å². The zero-order chi connectivity index (χ0) is 12.0. The Bertz CT molecular complexity index is 358. The van der Waals surface area contributed by atoms with Gasteiger partial charge in [-0.15, -0.1) is 0 Å². The molecule has 1 unspecified atom stereocenters. The maximum Gasteiger partial charge on any atom is 0.292 e. The average Bonchev–Trinajstić information content (AvgIpc) is 2.27. The van der Waals surface area contributed by atoms with Crippen molar-refractivity contribution in [1.82, 2.24) is 0 Å². The first kappa shape index (κ1) is 12.8. The fraction of sp³-hybridized carbons (Fsp3) is 0.455. The lowest BCUT2D eigenvalue weighted by Gasteiger charge is -2.14. The van der Waals surface area contributed by atoms with E-state index in [1.54, 1.807) is 30.0 Å². The van der Waals surface area contributed by atoms with Gasteiger partial charge < -0.3 is 5.32 Å². The molecule has 16 heavy (non-hydrogen) atoms. The Kier molecular flexibility index (Phi) is 5.11. The number of nitrogens with one attached hydrogen (secondary N) is 1. The molecule has 1 N–H and O–H groups in total. The fourth-order valence-electron chi connectivity index (χ4n) is 1.39. The number of nitro groups is 1. The van der Waals surface area contributed by atoms with Crippen LogP contribution in [0.1, 0.15) is 13.3 Å². The highest BCUT2D eigenvalue weighted by Crippen LogP contribution is 2.24.